The molecule has 5 heteroatoms. The van der Waals surface area contributed by atoms with E-state index in [2.05, 4.69) is 51.7 Å². The van der Waals surface area contributed by atoms with Gasteiger partial charge in [0.1, 0.15) is 0 Å². The van der Waals surface area contributed by atoms with Crippen molar-refractivity contribution in [3.63, 3.8) is 0 Å². The van der Waals surface area contributed by atoms with Gasteiger partial charge in [-0.3, -0.25) is 0 Å². The number of nitrogens with one attached hydrogen (secondary N) is 2. The molecule has 0 aliphatic carbocycles. The Labute approximate surface area is 168 Å². The molecule has 4 aromatic rings. The fraction of sp³-hybridized carbons (Fsp3) is 0.136. The van der Waals surface area contributed by atoms with Crippen LogP contribution in [0.1, 0.15) is 11.1 Å². The van der Waals surface area contributed by atoms with Gasteiger partial charge in [0.2, 0.25) is 0 Å². The first-order valence-electron chi connectivity index (χ1n) is 8.87. The largest absolute Gasteiger partial charge is 0.345 e. The summed E-state index contributed by atoms with van der Waals surface area (Å²) in [6.07, 6.45) is 2.53. The Morgan fingerprint density at radius 1 is 0.889 bits per heavy atom. The predicted molar refractivity (Wildman–Crippen MR) is 113 cm³/mol. The zero-order valence-corrected chi connectivity index (χ0v) is 16.2. The van der Waals surface area contributed by atoms with E-state index in [0.717, 1.165) is 46.2 Å². The highest BCUT2D eigenvalue weighted by molar-refractivity contribution is 6.35. The number of fused-ring (bicyclic) bond motifs is 1. The number of hydrogen-bond donors (Lipinski definition) is 2. The van der Waals surface area contributed by atoms with Gasteiger partial charge >= 0.3 is 0 Å². The van der Waals surface area contributed by atoms with E-state index in [4.69, 9.17) is 23.2 Å². The first-order valence-corrected chi connectivity index (χ1v) is 9.62. The Bertz CT molecular complexity index is 1030. The van der Waals surface area contributed by atoms with E-state index in [1.807, 2.05) is 24.3 Å². The quantitative estimate of drug-likeness (QED) is 0.400. The highest BCUT2D eigenvalue weighted by Crippen LogP contribution is 2.25. The van der Waals surface area contributed by atoms with Crippen LogP contribution in [0.15, 0.2) is 67.0 Å². The zero-order chi connectivity index (χ0) is 18.6. The average molecular weight is 396 g/mol. The summed E-state index contributed by atoms with van der Waals surface area (Å²) in [6.45, 7) is 1.63. The maximum atomic E-state index is 6.21. The topological polar surface area (TPSA) is 40.7 Å². The number of nitrogens with zero attached hydrogens (tertiary/aromatic N) is 1. The second kappa shape index (κ2) is 8.13. The number of aromatic nitrogens is 2. The van der Waals surface area contributed by atoms with Gasteiger partial charge in [0.25, 0.3) is 0 Å². The van der Waals surface area contributed by atoms with Gasteiger partial charge in [0, 0.05) is 16.6 Å². The summed E-state index contributed by atoms with van der Waals surface area (Å²) in [6, 6.07) is 20.5. The molecule has 136 valence electrons. The van der Waals surface area contributed by atoms with Crippen molar-refractivity contribution in [3.05, 3.63) is 88.2 Å². The number of aromatic amines is 1. The molecule has 0 aliphatic rings. The summed E-state index contributed by atoms with van der Waals surface area (Å²) in [7, 11) is 0. The molecule has 0 spiro atoms. The van der Waals surface area contributed by atoms with Gasteiger partial charge in [0.15, 0.2) is 0 Å². The van der Waals surface area contributed by atoms with Crippen molar-refractivity contribution in [2.24, 2.45) is 0 Å². The minimum atomic E-state index is 0.725. The molecule has 0 radical (unpaired) electrons. The van der Waals surface area contributed by atoms with E-state index in [1.165, 1.54) is 16.7 Å². The molecule has 0 aliphatic heterocycles. The minimum absolute atomic E-state index is 0.725. The second-order valence-electron chi connectivity index (χ2n) is 6.46. The summed E-state index contributed by atoms with van der Waals surface area (Å²) in [4.78, 5) is 7.42. The van der Waals surface area contributed by atoms with Crippen molar-refractivity contribution in [3.8, 4) is 11.1 Å². The lowest BCUT2D eigenvalue weighted by Crippen LogP contribution is -2.16. The van der Waals surface area contributed by atoms with Crippen LogP contribution in [-0.4, -0.2) is 16.5 Å². The molecule has 3 aromatic carbocycles. The Morgan fingerprint density at radius 2 is 1.63 bits per heavy atom. The van der Waals surface area contributed by atoms with Crippen molar-refractivity contribution in [2.45, 2.75) is 13.0 Å². The molecular formula is C22H19Cl2N3. The third-order valence-electron chi connectivity index (χ3n) is 4.65. The van der Waals surface area contributed by atoms with Crippen molar-refractivity contribution in [1.29, 1.82) is 0 Å². The lowest BCUT2D eigenvalue weighted by molar-refractivity contribution is 0.687. The number of imidazole rings is 1. The van der Waals surface area contributed by atoms with Crippen LogP contribution in [-0.2, 0) is 13.0 Å². The lowest BCUT2D eigenvalue weighted by atomic mass is 10.0. The predicted octanol–water partition coefficient (Wildman–Crippen LogP) is 5.87. The number of H-pyrrole nitrogens is 1. The molecule has 0 bridgehead atoms. The molecule has 0 atom stereocenters. The molecular weight excluding hydrogens is 377 g/mol. The molecule has 0 saturated carbocycles. The number of halogens is 2. The molecule has 0 amide bonds. The summed E-state index contributed by atoms with van der Waals surface area (Å²) in [5, 5.41) is 4.90. The van der Waals surface area contributed by atoms with Crippen molar-refractivity contribution < 1.29 is 0 Å². The van der Waals surface area contributed by atoms with E-state index in [-0.39, 0.29) is 0 Å². The first-order chi connectivity index (χ1) is 13.2. The fourth-order valence-electron chi connectivity index (χ4n) is 3.15. The summed E-state index contributed by atoms with van der Waals surface area (Å²) < 4.78 is 0. The third kappa shape index (κ3) is 4.16. The van der Waals surface area contributed by atoms with Gasteiger partial charge in [-0.2, -0.15) is 0 Å². The summed E-state index contributed by atoms with van der Waals surface area (Å²) >= 11 is 12.4. The smallest absolute Gasteiger partial charge is 0.0931 e. The SMILES string of the molecule is Clc1cccc(Cl)c1CCNCc1ccc(-c2ccc3nc[nH]c3c2)cc1. The summed E-state index contributed by atoms with van der Waals surface area (Å²) in [5.41, 5.74) is 6.65. The molecule has 1 aromatic heterocycles. The van der Waals surface area contributed by atoms with E-state index in [9.17, 15) is 0 Å². The van der Waals surface area contributed by atoms with E-state index in [1.54, 1.807) is 6.33 Å². The minimum Gasteiger partial charge on any atom is -0.345 e. The number of hydrogen-bond acceptors (Lipinski definition) is 2. The van der Waals surface area contributed by atoms with Gasteiger partial charge < -0.3 is 10.3 Å². The first kappa shape index (κ1) is 18.1. The van der Waals surface area contributed by atoms with Crippen molar-refractivity contribution in [2.75, 3.05) is 6.54 Å². The van der Waals surface area contributed by atoms with Crippen LogP contribution in [0.3, 0.4) is 0 Å². The Morgan fingerprint density at radius 3 is 2.41 bits per heavy atom. The molecule has 0 saturated heterocycles. The average Bonchev–Trinajstić information content (AvgIpc) is 3.15. The van der Waals surface area contributed by atoms with Crippen LogP contribution in [0, 0.1) is 0 Å². The van der Waals surface area contributed by atoms with Crippen molar-refractivity contribution in [1.82, 2.24) is 15.3 Å². The molecule has 27 heavy (non-hydrogen) atoms. The van der Waals surface area contributed by atoms with Gasteiger partial charge in [-0.25, -0.2) is 4.98 Å². The molecule has 4 rings (SSSR count). The maximum absolute atomic E-state index is 6.21. The number of rotatable bonds is 6. The van der Waals surface area contributed by atoms with Gasteiger partial charge in [0.05, 0.1) is 17.4 Å². The normalized spacial score (nSPS) is 11.2. The summed E-state index contributed by atoms with van der Waals surface area (Å²) in [5.74, 6) is 0. The van der Waals surface area contributed by atoms with Crippen LogP contribution < -0.4 is 5.32 Å². The van der Waals surface area contributed by atoms with E-state index < -0.39 is 0 Å². The van der Waals surface area contributed by atoms with Crippen LogP contribution >= 0.6 is 23.2 Å². The molecule has 1 heterocycles. The lowest BCUT2D eigenvalue weighted by Gasteiger charge is -2.09. The third-order valence-corrected chi connectivity index (χ3v) is 5.36. The Hall–Kier alpha value is -2.33. The van der Waals surface area contributed by atoms with E-state index >= 15 is 0 Å². The highest BCUT2D eigenvalue weighted by Gasteiger charge is 2.05. The Balaban J connectivity index is 1.35. The molecule has 0 unspecified atom stereocenters. The monoisotopic (exact) mass is 395 g/mol. The zero-order valence-electron chi connectivity index (χ0n) is 14.7. The number of benzene rings is 3. The Kier molecular flexibility index (Phi) is 5.44. The van der Waals surface area contributed by atoms with Crippen LogP contribution in [0.25, 0.3) is 22.2 Å². The van der Waals surface area contributed by atoms with Crippen LogP contribution in [0.5, 0.6) is 0 Å². The standard InChI is InChI=1S/C22H19Cl2N3/c23-19-2-1-3-20(24)18(19)10-11-25-13-15-4-6-16(7-5-15)17-8-9-21-22(12-17)27-14-26-21/h1-9,12,14,25H,10-11,13H2,(H,26,27). The molecule has 0 fully saturated rings. The highest BCUT2D eigenvalue weighted by atomic mass is 35.5. The van der Waals surface area contributed by atoms with Gasteiger partial charge in [-0.05, 0) is 59.5 Å². The van der Waals surface area contributed by atoms with Gasteiger partial charge in [-0.1, -0.05) is 59.6 Å². The van der Waals surface area contributed by atoms with Crippen LogP contribution in [0.4, 0.5) is 0 Å². The fourth-order valence-corrected chi connectivity index (χ4v) is 3.73. The molecule has 2 N–H and O–H groups in total. The second-order valence-corrected chi connectivity index (χ2v) is 7.27. The van der Waals surface area contributed by atoms with E-state index in [0.29, 0.717) is 0 Å². The molecule has 3 nitrogen and oxygen atoms in total. The maximum Gasteiger partial charge on any atom is 0.0931 e. The van der Waals surface area contributed by atoms with Gasteiger partial charge in [-0.15, -0.1) is 0 Å². The van der Waals surface area contributed by atoms with Crippen molar-refractivity contribution >= 4 is 34.2 Å². The van der Waals surface area contributed by atoms with Crippen LogP contribution in [0.2, 0.25) is 10.0 Å².